The molecule has 3 unspecified atom stereocenters. The number of nitrogens with zero attached hydrogens (tertiary/aromatic N) is 1. The summed E-state index contributed by atoms with van der Waals surface area (Å²) in [7, 11) is 0. The third-order valence-electron chi connectivity index (χ3n) is 5.38. The van der Waals surface area contributed by atoms with Crippen molar-refractivity contribution < 1.29 is 4.79 Å². The van der Waals surface area contributed by atoms with Crippen molar-refractivity contribution in [1.82, 2.24) is 15.6 Å². The Morgan fingerprint density at radius 2 is 2.00 bits per heavy atom. The van der Waals surface area contributed by atoms with E-state index in [1.54, 1.807) is 11.3 Å². The van der Waals surface area contributed by atoms with Gasteiger partial charge in [0.15, 0.2) is 0 Å². The maximum atomic E-state index is 12.5. The largest absolute Gasteiger partial charge is 0.347 e. The lowest BCUT2D eigenvalue weighted by Crippen LogP contribution is -2.40. The highest BCUT2D eigenvalue weighted by Crippen LogP contribution is 2.33. The van der Waals surface area contributed by atoms with Crippen molar-refractivity contribution in [2.45, 2.75) is 57.2 Å². The van der Waals surface area contributed by atoms with E-state index in [0.717, 1.165) is 29.1 Å². The van der Waals surface area contributed by atoms with Crippen LogP contribution in [0.15, 0.2) is 35.7 Å². The van der Waals surface area contributed by atoms with Gasteiger partial charge in [-0.3, -0.25) is 4.79 Å². The zero-order valence-corrected chi connectivity index (χ0v) is 15.4. The van der Waals surface area contributed by atoms with E-state index in [9.17, 15) is 4.79 Å². The second-order valence-electron chi connectivity index (χ2n) is 7.41. The molecule has 25 heavy (non-hydrogen) atoms. The van der Waals surface area contributed by atoms with Crippen molar-refractivity contribution >= 4 is 17.2 Å². The third-order valence-corrected chi connectivity index (χ3v) is 6.41. The first-order valence-corrected chi connectivity index (χ1v) is 10.1. The van der Waals surface area contributed by atoms with Crippen molar-refractivity contribution in [3.63, 3.8) is 0 Å². The van der Waals surface area contributed by atoms with Crippen LogP contribution >= 0.6 is 11.3 Å². The summed E-state index contributed by atoms with van der Waals surface area (Å²) in [4.78, 5) is 17.2. The molecule has 3 atom stereocenters. The molecule has 2 fully saturated rings. The molecule has 1 aromatic carbocycles. The van der Waals surface area contributed by atoms with Gasteiger partial charge in [0.2, 0.25) is 5.91 Å². The summed E-state index contributed by atoms with van der Waals surface area (Å²) in [6.45, 7) is 2.03. The number of benzene rings is 1. The molecule has 2 aliphatic rings. The Labute approximate surface area is 153 Å². The zero-order valence-electron chi connectivity index (χ0n) is 14.6. The number of hydrogen-bond acceptors (Lipinski definition) is 4. The van der Waals surface area contributed by atoms with Crippen LogP contribution in [-0.4, -0.2) is 23.0 Å². The molecule has 0 aliphatic carbocycles. The monoisotopic (exact) mass is 355 g/mol. The van der Waals surface area contributed by atoms with Crippen molar-refractivity contribution in [1.29, 1.82) is 0 Å². The van der Waals surface area contributed by atoms with Crippen LogP contribution in [0.4, 0.5) is 0 Å². The Hall–Kier alpha value is -1.72. The van der Waals surface area contributed by atoms with Gasteiger partial charge < -0.3 is 10.6 Å². The van der Waals surface area contributed by atoms with Crippen LogP contribution in [0.3, 0.4) is 0 Å². The molecule has 2 aromatic rings. The van der Waals surface area contributed by atoms with E-state index in [1.807, 2.05) is 25.1 Å². The van der Waals surface area contributed by atoms with Crippen molar-refractivity contribution in [2.75, 3.05) is 0 Å². The molecule has 0 saturated carbocycles. The molecule has 2 bridgehead atoms. The first-order valence-electron chi connectivity index (χ1n) is 9.23. The summed E-state index contributed by atoms with van der Waals surface area (Å²) in [5, 5.41) is 9.82. The SMILES string of the molecule is CC(NC(=O)CC1CC2CCC(C1)N2)c1nc(-c2ccccc2)cs1. The molecule has 2 N–H and O–H groups in total. The summed E-state index contributed by atoms with van der Waals surface area (Å²) in [5.74, 6) is 0.692. The van der Waals surface area contributed by atoms with E-state index in [1.165, 1.54) is 12.8 Å². The summed E-state index contributed by atoms with van der Waals surface area (Å²) in [5.41, 5.74) is 2.10. The van der Waals surface area contributed by atoms with Gasteiger partial charge in [-0.2, -0.15) is 0 Å². The third kappa shape index (κ3) is 3.93. The lowest BCUT2D eigenvalue weighted by molar-refractivity contribution is -0.122. The van der Waals surface area contributed by atoms with Crippen LogP contribution < -0.4 is 10.6 Å². The summed E-state index contributed by atoms with van der Waals surface area (Å²) in [6.07, 6.45) is 5.50. The van der Waals surface area contributed by atoms with Crippen molar-refractivity contribution in [2.24, 2.45) is 5.92 Å². The van der Waals surface area contributed by atoms with Crippen LogP contribution in [0.5, 0.6) is 0 Å². The fourth-order valence-corrected chi connectivity index (χ4v) is 5.03. The molecular formula is C20H25N3OS. The molecule has 1 amide bonds. The number of hydrogen-bond donors (Lipinski definition) is 2. The van der Waals surface area contributed by atoms with Crippen LogP contribution in [0, 0.1) is 5.92 Å². The maximum absolute atomic E-state index is 12.5. The van der Waals surface area contributed by atoms with Crippen LogP contribution in [0.2, 0.25) is 0 Å². The summed E-state index contributed by atoms with van der Waals surface area (Å²) < 4.78 is 0. The number of thiazole rings is 1. The number of piperidine rings is 1. The Balaban J connectivity index is 1.33. The molecule has 0 spiro atoms. The predicted octanol–water partition coefficient (Wildman–Crippen LogP) is 3.91. The van der Waals surface area contributed by atoms with E-state index >= 15 is 0 Å². The number of rotatable bonds is 5. The lowest BCUT2D eigenvalue weighted by Gasteiger charge is -2.28. The molecule has 132 valence electrons. The standard InChI is InChI=1S/C20H25N3OS/c1-13(20-23-18(12-25-20)15-5-3-2-4-6-15)21-19(24)11-14-9-16-7-8-17(10-14)22-16/h2-6,12-14,16-17,22H,7-11H2,1H3,(H,21,24). The maximum Gasteiger partial charge on any atom is 0.220 e. The first kappa shape index (κ1) is 16.7. The van der Waals surface area contributed by atoms with E-state index in [-0.39, 0.29) is 11.9 Å². The van der Waals surface area contributed by atoms with Crippen molar-refractivity contribution in [3.8, 4) is 11.3 Å². The van der Waals surface area contributed by atoms with Gasteiger partial charge in [-0.15, -0.1) is 11.3 Å². The molecule has 4 rings (SSSR count). The van der Waals surface area contributed by atoms with Gasteiger partial charge in [-0.05, 0) is 38.5 Å². The Morgan fingerprint density at radius 1 is 1.28 bits per heavy atom. The first-order chi connectivity index (χ1) is 12.2. The minimum absolute atomic E-state index is 0.0339. The molecular weight excluding hydrogens is 330 g/mol. The predicted molar refractivity (Wildman–Crippen MR) is 101 cm³/mol. The normalized spacial score (nSPS) is 26.4. The Morgan fingerprint density at radius 3 is 2.72 bits per heavy atom. The number of aromatic nitrogens is 1. The van der Waals surface area contributed by atoms with E-state index in [2.05, 4.69) is 28.1 Å². The number of fused-ring (bicyclic) bond motifs is 2. The number of nitrogens with one attached hydrogen (secondary N) is 2. The lowest BCUT2D eigenvalue weighted by atomic mass is 9.89. The average Bonchev–Trinajstić information content (AvgIpc) is 3.22. The summed E-state index contributed by atoms with van der Waals surface area (Å²) in [6, 6.07) is 11.4. The Kier molecular flexibility index (Phi) is 4.86. The molecule has 5 heteroatoms. The Bertz CT molecular complexity index is 718. The molecule has 2 saturated heterocycles. The van der Waals surface area contributed by atoms with E-state index in [0.29, 0.717) is 24.4 Å². The van der Waals surface area contributed by atoms with Crippen molar-refractivity contribution in [3.05, 3.63) is 40.7 Å². The molecule has 4 nitrogen and oxygen atoms in total. The number of carbonyl (C=O) groups is 1. The molecule has 1 aromatic heterocycles. The van der Waals surface area contributed by atoms with Gasteiger partial charge >= 0.3 is 0 Å². The number of carbonyl (C=O) groups excluding carboxylic acids is 1. The topological polar surface area (TPSA) is 54.0 Å². The molecule has 2 aliphatic heterocycles. The van der Waals surface area contributed by atoms with Gasteiger partial charge in [0.05, 0.1) is 11.7 Å². The number of amides is 1. The van der Waals surface area contributed by atoms with E-state index in [4.69, 9.17) is 4.98 Å². The zero-order chi connectivity index (χ0) is 17.2. The highest BCUT2D eigenvalue weighted by molar-refractivity contribution is 7.10. The van der Waals surface area contributed by atoms with Crippen LogP contribution in [0.1, 0.15) is 50.1 Å². The second-order valence-corrected chi connectivity index (χ2v) is 8.30. The fraction of sp³-hybridized carbons (Fsp3) is 0.500. The molecule has 0 radical (unpaired) electrons. The van der Waals surface area contributed by atoms with Gasteiger partial charge in [-0.1, -0.05) is 30.3 Å². The fourth-order valence-electron chi connectivity index (χ4n) is 4.19. The van der Waals surface area contributed by atoms with Gasteiger partial charge in [0, 0.05) is 29.4 Å². The van der Waals surface area contributed by atoms with Gasteiger partial charge in [-0.25, -0.2) is 4.98 Å². The summed E-state index contributed by atoms with van der Waals surface area (Å²) >= 11 is 1.62. The van der Waals surface area contributed by atoms with Crippen LogP contribution in [0.25, 0.3) is 11.3 Å². The molecule has 3 heterocycles. The van der Waals surface area contributed by atoms with Crippen LogP contribution in [-0.2, 0) is 4.79 Å². The minimum atomic E-state index is -0.0339. The quantitative estimate of drug-likeness (QED) is 0.855. The van der Waals surface area contributed by atoms with E-state index < -0.39 is 0 Å². The smallest absolute Gasteiger partial charge is 0.220 e. The highest BCUT2D eigenvalue weighted by Gasteiger charge is 2.34. The van der Waals surface area contributed by atoms with Gasteiger partial charge in [0.1, 0.15) is 5.01 Å². The second kappa shape index (κ2) is 7.26. The van der Waals surface area contributed by atoms with Gasteiger partial charge in [0.25, 0.3) is 0 Å². The minimum Gasteiger partial charge on any atom is -0.347 e. The highest BCUT2D eigenvalue weighted by atomic mass is 32.1. The average molecular weight is 356 g/mol.